The minimum atomic E-state index is -4.85. The molecule has 2 amide bonds. The summed E-state index contributed by atoms with van der Waals surface area (Å²) in [6.07, 6.45) is 0.511. The first-order valence-corrected chi connectivity index (χ1v) is 13.6. The van der Waals surface area contributed by atoms with Gasteiger partial charge in [0.1, 0.15) is 5.54 Å². The summed E-state index contributed by atoms with van der Waals surface area (Å²) < 4.78 is 69.3. The monoisotopic (exact) mass is 513 g/mol. The maximum absolute atomic E-state index is 13.6. The summed E-state index contributed by atoms with van der Waals surface area (Å²) >= 11 is 0. The highest BCUT2D eigenvalue weighted by Crippen LogP contribution is 2.60. The molecule has 5 aliphatic carbocycles. The predicted octanol–water partition coefficient (Wildman–Crippen LogP) is 3.09. The van der Waals surface area contributed by atoms with Crippen molar-refractivity contribution in [3.05, 3.63) is 29.8 Å². The van der Waals surface area contributed by atoms with Gasteiger partial charge >= 0.3 is 6.18 Å². The molecule has 0 heterocycles. The fourth-order valence-electron chi connectivity index (χ4n) is 7.45. The Balaban J connectivity index is 1.39. The van der Waals surface area contributed by atoms with Crippen LogP contribution in [-0.2, 0) is 25.8 Å². The number of halogens is 3. The molecule has 7 nitrogen and oxygen atoms in total. The zero-order chi connectivity index (χ0) is 25.2. The first-order chi connectivity index (χ1) is 16.4. The van der Waals surface area contributed by atoms with Gasteiger partial charge in [-0.25, -0.2) is 8.42 Å². The van der Waals surface area contributed by atoms with Gasteiger partial charge in [0.05, 0.1) is 10.5 Å². The number of nitrogens with two attached hydrogens (primary N) is 1. The molecule has 1 aromatic carbocycles. The van der Waals surface area contributed by atoms with E-state index in [2.05, 4.69) is 10.0 Å². The number of alkyl halides is 3. The Labute approximate surface area is 202 Å². The molecule has 6 rings (SSSR count). The molecule has 0 spiro atoms. The molecule has 0 aromatic heterocycles. The fourth-order valence-corrected chi connectivity index (χ4v) is 9.10. The molecule has 35 heavy (non-hydrogen) atoms. The zero-order valence-corrected chi connectivity index (χ0v) is 20.1. The molecule has 4 bridgehead atoms. The lowest BCUT2D eigenvalue weighted by Crippen LogP contribution is -2.65. The number of carbonyl (C=O) groups excluding carboxylic acids is 2. The van der Waals surface area contributed by atoms with E-state index >= 15 is 0 Å². The lowest BCUT2D eigenvalue weighted by atomic mass is 9.47. The second-order valence-electron chi connectivity index (χ2n) is 11.0. The van der Waals surface area contributed by atoms with Gasteiger partial charge < -0.3 is 11.1 Å². The molecule has 0 saturated heterocycles. The van der Waals surface area contributed by atoms with Gasteiger partial charge in [-0.15, -0.1) is 0 Å². The summed E-state index contributed by atoms with van der Waals surface area (Å²) in [5, 5.41) is 3.08. The first kappa shape index (κ1) is 24.5. The summed E-state index contributed by atoms with van der Waals surface area (Å²) in [5.74, 6) is -0.220. The Morgan fingerprint density at radius 3 is 2.17 bits per heavy atom. The third-order valence-corrected chi connectivity index (χ3v) is 10.4. The molecule has 2 atom stereocenters. The van der Waals surface area contributed by atoms with E-state index in [0.717, 1.165) is 37.5 Å². The number of hydrogen-bond acceptors (Lipinski definition) is 4. The van der Waals surface area contributed by atoms with Crippen molar-refractivity contribution in [1.29, 1.82) is 0 Å². The van der Waals surface area contributed by atoms with Crippen molar-refractivity contribution >= 4 is 21.8 Å². The molecule has 0 radical (unpaired) electrons. The van der Waals surface area contributed by atoms with Crippen molar-refractivity contribution in [3.63, 3.8) is 0 Å². The van der Waals surface area contributed by atoms with Gasteiger partial charge in [0.2, 0.25) is 21.8 Å². The van der Waals surface area contributed by atoms with E-state index in [9.17, 15) is 31.2 Å². The van der Waals surface area contributed by atoms with Crippen LogP contribution < -0.4 is 15.8 Å². The smallest absolute Gasteiger partial charge is 0.369 e. The van der Waals surface area contributed by atoms with Crippen LogP contribution in [0, 0.1) is 23.2 Å². The summed E-state index contributed by atoms with van der Waals surface area (Å²) in [5.41, 5.74) is 2.45. The molecule has 5 aliphatic rings. The van der Waals surface area contributed by atoms with Gasteiger partial charge in [-0.05, 0) is 74.8 Å². The maximum Gasteiger partial charge on any atom is 0.417 e. The van der Waals surface area contributed by atoms with Gasteiger partial charge in [0.15, 0.2) is 0 Å². The van der Waals surface area contributed by atoms with Crippen LogP contribution >= 0.6 is 0 Å². The summed E-state index contributed by atoms with van der Waals surface area (Å²) in [7, 11) is -4.64. The highest BCUT2D eigenvalue weighted by Gasteiger charge is 2.59. The van der Waals surface area contributed by atoms with Gasteiger partial charge in [-0.1, -0.05) is 25.0 Å². The van der Waals surface area contributed by atoms with Gasteiger partial charge in [-0.2, -0.15) is 17.9 Å². The van der Waals surface area contributed by atoms with E-state index < -0.39 is 43.5 Å². The van der Waals surface area contributed by atoms with E-state index in [-0.39, 0.29) is 36.6 Å². The topological polar surface area (TPSA) is 118 Å². The largest absolute Gasteiger partial charge is 0.417 e. The quantitative estimate of drug-likeness (QED) is 0.542. The molecule has 192 valence electrons. The molecular formula is C24H30F3N3O4S. The third-order valence-electron chi connectivity index (χ3n) is 8.80. The Bertz CT molecular complexity index is 1130. The number of sulfonamides is 1. The number of rotatable bonds is 6. The maximum atomic E-state index is 13.6. The molecule has 2 unspecified atom stereocenters. The van der Waals surface area contributed by atoms with Crippen LogP contribution in [0.15, 0.2) is 29.2 Å². The van der Waals surface area contributed by atoms with Crippen LogP contribution in [0.25, 0.3) is 0 Å². The summed E-state index contributed by atoms with van der Waals surface area (Å²) in [4.78, 5) is 24.9. The number of carbonyl (C=O) groups is 2. The van der Waals surface area contributed by atoms with Crippen LogP contribution in [0.5, 0.6) is 0 Å². The molecule has 5 fully saturated rings. The van der Waals surface area contributed by atoms with Crippen molar-refractivity contribution in [2.24, 2.45) is 28.9 Å². The highest BCUT2D eigenvalue weighted by atomic mass is 32.2. The second kappa shape index (κ2) is 8.19. The summed E-state index contributed by atoms with van der Waals surface area (Å²) in [6, 6.07) is 3.79. The Morgan fingerprint density at radius 2 is 1.60 bits per heavy atom. The normalized spacial score (nSPS) is 33.6. The Morgan fingerprint density at radius 1 is 1.00 bits per heavy atom. The average Bonchev–Trinajstić information content (AvgIpc) is 3.24. The Kier molecular flexibility index (Phi) is 5.75. The standard InChI is InChI=1S/C24H30F3N3O4S/c25-24(26,27)17-5-1-2-6-18(17)35(33,34)30-23(7-3-4-8-23)21(32)29-19-15-9-14-10-16(19)13-22(11-14,12-15)20(28)31/h1-2,5-6,14-16,19,30H,3-4,7-13H2,(H2,28,31)(H,29,32). The van der Waals surface area contributed by atoms with Crippen LogP contribution in [0.4, 0.5) is 13.2 Å². The van der Waals surface area contributed by atoms with Crippen molar-refractivity contribution in [1.82, 2.24) is 10.0 Å². The fraction of sp³-hybridized carbons (Fsp3) is 0.667. The van der Waals surface area contributed by atoms with Crippen molar-refractivity contribution < 1.29 is 31.2 Å². The Hall–Kier alpha value is -2.14. The van der Waals surface area contributed by atoms with Crippen molar-refractivity contribution in [2.45, 2.75) is 80.4 Å². The lowest BCUT2D eigenvalue weighted by Gasteiger charge is -2.59. The second-order valence-corrected chi connectivity index (χ2v) is 12.7. The van der Waals surface area contributed by atoms with Gasteiger partial charge in [-0.3, -0.25) is 9.59 Å². The highest BCUT2D eigenvalue weighted by molar-refractivity contribution is 7.89. The van der Waals surface area contributed by atoms with Crippen LogP contribution in [0.1, 0.15) is 63.4 Å². The summed E-state index contributed by atoms with van der Waals surface area (Å²) in [6.45, 7) is 0. The van der Waals surface area contributed by atoms with E-state index in [1.165, 1.54) is 6.07 Å². The van der Waals surface area contributed by atoms with Crippen molar-refractivity contribution in [3.8, 4) is 0 Å². The molecule has 1 aromatic rings. The minimum Gasteiger partial charge on any atom is -0.369 e. The zero-order valence-electron chi connectivity index (χ0n) is 19.2. The van der Waals surface area contributed by atoms with Crippen LogP contribution in [0.2, 0.25) is 0 Å². The number of hydrogen-bond donors (Lipinski definition) is 3. The van der Waals surface area contributed by atoms with E-state index in [1.807, 2.05) is 0 Å². The molecule has 4 N–H and O–H groups in total. The van der Waals surface area contributed by atoms with Crippen LogP contribution in [0.3, 0.4) is 0 Å². The predicted molar refractivity (Wildman–Crippen MR) is 120 cm³/mol. The van der Waals surface area contributed by atoms with Crippen molar-refractivity contribution in [2.75, 3.05) is 0 Å². The molecular weight excluding hydrogens is 483 g/mol. The van der Waals surface area contributed by atoms with Gasteiger partial charge in [0.25, 0.3) is 0 Å². The minimum absolute atomic E-state index is 0.0821. The van der Waals surface area contributed by atoms with Gasteiger partial charge in [0, 0.05) is 11.5 Å². The number of primary amides is 1. The first-order valence-electron chi connectivity index (χ1n) is 12.2. The molecule has 5 saturated carbocycles. The van der Waals surface area contributed by atoms with E-state index in [4.69, 9.17) is 5.73 Å². The number of benzene rings is 1. The average molecular weight is 514 g/mol. The lowest BCUT2D eigenvalue weighted by molar-refractivity contribution is -0.148. The van der Waals surface area contributed by atoms with E-state index in [1.54, 1.807) is 0 Å². The number of nitrogens with one attached hydrogen (secondary N) is 2. The number of amides is 2. The molecule has 0 aliphatic heterocycles. The SMILES string of the molecule is NC(=O)C12CC3CC(C1)C(NC(=O)C1(NS(=O)(=O)c4ccccc4C(F)(F)F)CCCC1)C(C3)C2. The van der Waals surface area contributed by atoms with Crippen LogP contribution in [-0.4, -0.2) is 31.8 Å². The third kappa shape index (κ3) is 4.14. The van der Waals surface area contributed by atoms with E-state index in [0.29, 0.717) is 31.6 Å². The molecule has 11 heteroatoms.